The third-order valence-corrected chi connectivity index (χ3v) is 3.58. The summed E-state index contributed by atoms with van der Waals surface area (Å²) in [5.41, 5.74) is 6.56. The number of rotatable bonds is 2. The summed E-state index contributed by atoms with van der Waals surface area (Å²) < 4.78 is 0.839. The number of nitrogens with one attached hydrogen (secondary N) is 1. The highest BCUT2D eigenvalue weighted by molar-refractivity contribution is 14.1. The number of anilines is 2. The van der Waals surface area contributed by atoms with E-state index >= 15 is 0 Å². The van der Waals surface area contributed by atoms with Crippen LogP contribution in [-0.4, -0.2) is 10.9 Å². The van der Waals surface area contributed by atoms with Crippen LogP contribution in [0.2, 0.25) is 10.2 Å². The Kier molecular flexibility index (Phi) is 4.49. The lowest BCUT2D eigenvalue weighted by Crippen LogP contribution is -2.13. The number of halogens is 3. The average molecular weight is 408 g/mol. The van der Waals surface area contributed by atoms with Crippen LogP contribution in [0.5, 0.6) is 0 Å². The molecule has 1 heterocycles. The number of carbonyl (C=O) groups excluding carboxylic acids is 1. The van der Waals surface area contributed by atoms with E-state index in [0.717, 1.165) is 3.57 Å². The number of pyridine rings is 1. The summed E-state index contributed by atoms with van der Waals surface area (Å²) in [6.45, 7) is 0. The number of nitrogens with two attached hydrogens (primary N) is 1. The maximum atomic E-state index is 12.1. The molecule has 0 bridgehead atoms. The van der Waals surface area contributed by atoms with Crippen LogP contribution in [-0.2, 0) is 0 Å². The van der Waals surface area contributed by atoms with E-state index in [2.05, 4.69) is 32.9 Å². The molecule has 1 amide bonds. The summed E-state index contributed by atoms with van der Waals surface area (Å²) in [7, 11) is 0. The molecule has 98 valence electrons. The summed E-state index contributed by atoms with van der Waals surface area (Å²) >= 11 is 13.7. The Morgan fingerprint density at radius 3 is 2.63 bits per heavy atom. The lowest BCUT2D eigenvalue weighted by atomic mass is 10.2. The molecule has 0 fully saturated rings. The molecule has 0 saturated heterocycles. The monoisotopic (exact) mass is 407 g/mol. The molecule has 0 atom stereocenters. The van der Waals surface area contributed by atoms with Crippen molar-refractivity contribution < 1.29 is 4.79 Å². The maximum Gasteiger partial charge on any atom is 0.255 e. The Bertz CT molecular complexity index is 629. The fourth-order valence-electron chi connectivity index (χ4n) is 1.43. The normalized spacial score (nSPS) is 10.3. The smallest absolute Gasteiger partial charge is 0.255 e. The van der Waals surface area contributed by atoms with Gasteiger partial charge in [-0.25, -0.2) is 4.98 Å². The van der Waals surface area contributed by atoms with Gasteiger partial charge in [0.05, 0.1) is 5.69 Å². The highest BCUT2D eigenvalue weighted by Crippen LogP contribution is 2.23. The molecule has 0 saturated carbocycles. The lowest BCUT2D eigenvalue weighted by Gasteiger charge is -2.08. The van der Waals surface area contributed by atoms with Crippen LogP contribution >= 0.6 is 45.8 Å². The van der Waals surface area contributed by atoms with Crippen LogP contribution in [0.4, 0.5) is 11.5 Å². The molecule has 4 nitrogen and oxygen atoms in total. The van der Waals surface area contributed by atoms with Crippen LogP contribution < -0.4 is 11.1 Å². The van der Waals surface area contributed by atoms with Crippen molar-refractivity contribution in [3.05, 3.63) is 49.6 Å². The van der Waals surface area contributed by atoms with Crippen LogP contribution in [0, 0.1) is 3.57 Å². The second-order valence-electron chi connectivity index (χ2n) is 3.68. The lowest BCUT2D eigenvalue weighted by molar-refractivity contribution is 0.102. The molecule has 0 radical (unpaired) electrons. The molecule has 7 heteroatoms. The van der Waals surface area contributed by atoms with Crippen molar-refractivity contribution in [3.8, 4) is 0 Å². The molecule has 2 aromatic rings. The molecule has 3 N–H and O–H groups in total. The van der Waals surface area contributed by atoms with Gasteiger partial charge in [0.25, 0.3) is 5.91 Å². The van der Waals surface area contributed by atoms with E-state index in [0.29, 0.717) is 16.3 Å². The molecule has 1 aromatic heterocycles. The zero-order valence-electron chi connectivity index (χ0n) is 9.45. The van der Waals surface area contributed by atoms with E-state index < -0.39 is 0 Å². The summed E-state index contributed by atoms with van der Waals surface area (Å²) in [6.07, 6.45) is 0. The van der Waals surface area contributed by atoms with Crippen molar-refractivity contribution in [2.75, 3.05) is 11.1 Å². The summed E-state index contributed by atoms with van der Waals surface area (Å²) in [5, 5.41) is 3.55. The van der Waals surface area contributed by atoms with Gasteiger partial charge in [0, 0.05) is 14.2 Å². The first-order valence-corrected chi connectivity index (χ1v) is 6.98. The Hall–Kier alpha value is -1.05. The van der Waals surface area contributed by atoms with Crippen molar-refractivity contribution in [2.24, 2.45) is 0 Å². The second kappa shape index (κ2) is 5.94. The number of hydrogen-bond acceptors (Lipinski definition) is 3. The van der Waals surface area contributed by atoms with Gasteiger partial charge in [0.15, 0.2) is 0 Å². The van der Waals surface area contributed by atoms with Gasteiger partial charge in [-0.2, -0.15) is 0 Å². The van der Waals surface area contributed by atoms with Gasteiger partial charge >= 0.3 is 0 Å². The first-order valence-electron chi connectivity index (χ1n) is 5.15. The number of amides is 1. The van der Waals surface area contributed by atoms with Crippen molar-refractivity contribution in [3.63, 3.8) is 0 Å². The quantitative estimate of drug-likeness (QED) is 0.587. The van der Waals surface area contributed by atoms with Crippen LogP contribution in [0.1, 0.15) is 10.4 Å². The van der Waals surface area contributed by atoms with Crippen molar-refractivity contribution >= 4 is 63.2 Å². The van der Waals surface area contributed by atoms with Crippen molar-refractivity contribution in [1.82, 2.24) is 4.98 Å². The largest absolute Gasteiger partial charge is 0.384 e. The van der Waals surface area contributed by atoms with Gasteiger partial charge in [-0.3, -0.25) is 4.79 Å². The second-order valence-corrected chi connectivity index (χ2v) is 5.67. The van der Waals surface area contributed by atoms with Gasteiger partial charge in [0.1, 0.15) is 11.0 Å². The molecule has 0 aliphatic carbocycles. The maximum absolute atomic E-state index is 12.1. The first kappa shape index (κ1) is 14.4. The van der Waals surface area contributed by atoms with Crippen LogP contribution in [0.3, 0.4) is 0 Å². The Labute approximate surface area is 133 Å². The van der Waals surface area contributed by atoms with Crippen molar-refractivity contribution in [2.45, 2.75) is 0 Å². The first-order chi connectivity index (χ1) is 8.95. The van der Waals surface area contributed by atoms with E-state index in [-0.39, 0.29) is 16.9 Å². The molecule has 0 aliphatic heterocycles. The fourth-order valence-corrected chi connectivity index (χ4v) is 2.66. The number of hydrogen-bond donors (Lipinski definition) is 2. The summed E-state index contributed by atoms with van der Waals surface area (Å²) in [4.78, 5) is 15.9. The standard InChI is InChI=1S/C12H8Cl2IN3O/c13-7-1-2-9(8(15)5-7)17-12(19)6-3-10(14)18-11(16)4-6/h1-5H,(H2,16,18)(H,17,19). The Morgan fingerprint density at radius 1 is 1.26 bits per heavy atom. The topological polar surface area (TPSA) is 68.0 Å². The molecular weight excluding hydrogens is 400 g/mol. The molecular formula is C12H8Cl2IN3O. The highest BCUT2D eigenvalue weighted by Gasteiger charge is 2.10. The Balaban J connectivity index is 2.25. The summed E-state index contributed by atoms with van der Waals surface area (Å²) in [6, 6.07) is 8.10. The average Bonchev–Trinajstić information content (AvgIpc) is 2.31. The van der Waals surface area contributed by atoms with E-state index in [1.165, 1.54) is 12.1 Å². The molecule has 0 spiro atoms. The predicted octanol–water partition coefficient (Wildman–Crippen LogP) is 3.83. The number of nitrogen functional groups attached to an aromatic ring is 1. The van der Waals surface area contributed by atoms with Gasteiger partial charge < -0.3 is 11.1 Å². The van der Waals surface area contributed by atoms with Gasteiger partial charge in [-0.1, -0.05) is 23.2 Å². The van der Waals surface area contributed by atoms with Gasteiger partial charge in [-0.15, -0.1) is 0 Å². The van der Waals surface area contributed by atoms with E-state index in [1.807, 2.05) is 0 Å². The van der Waals surface area contributed by atoms with E-state index in [1.54, 1.807) is 18.2 Å². The fraction of sp³-hybridized carbons (Fsp3) is 0. The van der Waals surface area contributed by atoms with Crippen LogP contribution in [0.15, 0.2) is 30.3 Å². The minimum absolute atomic E-state index is 0.177. The Morgan fingerprint density at radius 2 is 2.00 bits per heavy atom. The van der Waals surface area contributed by atoms with Crippen molar-refractivity contribution in [1.29, 1.82) is 0 Å². The summed E-state index contributed by atoms with van der Waals surface area (Å²) in [5.74, 6) is -0.111. The molecule has 1 aromatic carbocycles. The van der Waals surface area contributed by atoms with E-state index in [9.17, 15) is 4.79 Å². The molecule has 19 heavy (non-hydrogen) atoms. The van der Waals surface area contributed by atoms with Gasteiger partial charge in [-0.05, 0) is 52.9 Å². The minimum Gasteiger partial charge on any atom is -0.384 e. The number of benzene rings is 1. The zero-order chi connectivity index (χ0) is 14.0. The molecule has 2 rings (SSSR count). The number of nitrogens with zero attached hydrogens (tertiary/aromatic N) is 1. The molecule has 0 unspecified atom stereocenters. The molecule has 0 aliphatic rings. The number of aromatic nitrogens is 1. The number of carbonyl (C=O) groups is 1. The van der Waals surface area contributed by atoms with E-state index in [4.69, 9.17) is 28.9 Å². The van der Waals surface area contributed by atoms with Crippen LogP contribution in [0.25, 0.3) is 0 Å². The van der Waals surface area contributed by atoms with Gasteiger partial charge in [0.2, 0.25) is 0 Å². The zero-order valence-corrected chi connectivity index (χ0v) is 13.1. The predicted molar refractivity (Wildman–Crippen MR) is 85.8 cm³/mol. The third-order valence-electron chi connectivity index (χ3n) is 2.26. The highest BCUT2D eigenvalue weighted by atomic mass is 127. The SMILES string of the molecule is Nc1cc(C(=O)Nc2ccc(Cl)cc2I)cc(Cl)n1. The third kappa shape index (κ3) is 3.71. The minimum atomic E-state index is -0.309.